The van der Waals surface area contributed by atoms with E-state index >= 15 is 0 Å². The first kappa shape index (κ1) is 11.8. The van der Waals surface area contributed by atoms with Crippen molar-refractivity contribution in [2.45, 2.75) is 6.54 Å². The molecule has 0 aliphatic carbocycles. The molecule has 2 heterocycles. The Hall–Kier alpha value is -1.63. The lowest BCUT2D eigenvalue weighted by Gasteiger charge is -2.05. The summed E-state index contributed by atoms with van der Waals surface area (Å²) in [5.74, 6) is 0. The van der Waals surface area contributed by atoms with E-state index in [1.54, 1.807) is 18.7 Å². The van der Waals surface area contributed by atoms with Gasteiger partial charge in [0, 0.05) is 20.6 Å². The summed E-state index contributed by atoms with van der Waals surface area (Å²) in [6.07, 6.45) is 1.51. The number of hydrogen-bond donors (Lipinski definition) is 0. The Morgan fingerprint density at radius 3 is 2.59 bits per heavy atom. The topological polar surface area (TPSA) is 61.8 Å². The molecule has 0 N–H and O–H groups in total. The summed E-state index contributed by atoms with van der Waals surface area (Å²) in [5, 5.41) is 0. The van der Waals surface area contributed by atoms with E-state index in [1.165, 1.54) is 10.6 Å². The first-order valence-electron chi connectivity index (χ1n) is 4.91. The zero-order valence-corrected chi connectivity index (χ0v) is 11.1. The zero-order chi connectivity index (χ0) is 12.7. The molecule has 0 bridgehead atoms. The van der Waals surface area contributed by atoms with Crippen LogP contribution in [0.25, 0.3) is 11.2 Å². The average Bonchev–Trinajstić information content (AvgIpc) is 2.59. The molecule has 0 saturated carbocycles. The predicted molar refractivity (Wildman–Crippen MR) is 68.1 cm³/mol. The number of nitrogens with zero attached hydrogens (tertiary/aromatic N) is 4. The van der Waals surface area contributed by atoms with Crippen LogP contribution in [-0.2, 0) is 20.6 Å². The minimum absolute atomic E-state index is 0.185. The summed E-state index contributed by atoms with van der Waals surface area (Å²) in [5.41, 5.74) is 0.00668. The highest BCUT2D eigenvalue weighted by molar-refractivity contribution is 9.10. The van der Waals surface area contributed by atoms with Gasteiger partial charge in [0.05, 0.1) is 0 Å². The predicted octanol–water partition coefficient (Wildman–Crippen LogP) is 0.382. The van der Waals surface area contributed by atoms with E-state index in [2.05, 4.69) is 27.5 Å². The fraction of sp³-hybridized carbons (Fsp3) is 0.300. The molecular formula is C10H11BrN4O2. The van der Waals surface area contributed by atoms with Crippen LogP contribution in [0.3, 0.4) is 0 Å². The smallest absolute Gasteiger partial charge is 0.316 e. The van der Waals surface area contributed by atoms with Crippen molar-refractivity contribution in [2.75, 3.05) is 0 Å². The van der Waals surface area contributed by atoms with E-state index in [4.69, 9.17) is 0 Å². The molecule has 0 radical (unpaired) electrons. The maximum Gasteiger partial charge on any atom is 0.332 e. The van der Waals surface area contributed by atoms with Crippen molar-refractivity contribution >= 4 is 27.1 Å². The normalized spacial score (nSPS) is 11.0. The molecule has 6 nitrogen and oxygen atoms in total. The highest BCUT2D eigenvalue weighted by Crippen LogP contribution is 2.13. The Bertz CT molecular complexity index is 722. The summed E-state index contributed by atoms with van der Waals surface area (Å²) in [7, 11) is 3.30. The number of fused-ring (bicyclic) bond motifs is 1. The van der Waals surface area contributed by atoms with Crippen LogP contribution in [-0.4, -0.2) is 18.7 Å². The lowest BCUT2D eigenvalue weighted by Crippen LogP contribution is -2.39. The van der Waals surface area contributed by atoms with E-state index in [0.717, 1.165) is 4.57 Å². The Morgan fingerprint density at radius 2 is 2.00 bits per heavy atom. The standard InChI is InChI=1S/C10H11BrN4O2/c1-4-5-15-8(16)6-7(14(3)10(15)17)12-9(11)13(6)2/h4H,1,5H2,2-3H3. The van der Waals surface area contributed by atoms with Gasteiger partial charge in [0.25, 0.3) is 5.56 Å². The van der Waals surface area contributed by atoms with Crippen LogP contribution in [0.4, 0.5) is 0 Å². The van der Waals surface area contributed by atoms with Crippen LogP contribution < -0.4 is 11.2 Å². The third-order valence-corrected chi connectivity index (χ3v) is 3.33. The van der Waals surface area contributed by atoms with Gasteiger partial charge < -0.3 is 4.57 Å². The van der Waals surface area contributed by atoms with Crippen molar-refractivity contribution in [3.8, 4) is 0 Å². The second-order valence-electron chi connectivity index (χ2n) is 3.66. The molecular weight excluding hydrogens is 288 g/mol. The van der Waals surface area contributed by atoms with Gasteiger partial charge in [-0.2, -0.15) is 0 Å². The Labute approximate surface area is 105 Å². The Balaban J connectivity index is 3.06. The van der Waals surface area contributed by atoms with E-state index in [0.29, 0.717) is 15.9 Å². The first-order valence-corrected chi connectivity index (χ1v) is 5.71. The fourth-order valence-electron chi connectivity index (χ4n) is 1.71. The van der Waals surface area contributed by atoms with Crippen LogP contribution in [0.2, 0.25) is 0 Å². The minimum atomic E-state index is -0.395. The summed E-state index contributed by atoms with van der Waals surface area (Å²) < 4.78 is 4.60. The molecule has 2 aromatic rings. The summed E-state index contributed by atoms with van der Waals surface area (Å²) >= 11 is 3.23. The van der Waals surface area contributed by atoms with Gasteiger partial charge in [0.1, 0.15) is 0 Å². The van der Waals surface area contributed by atoms with E-state index < -0.39 is 5.69 Å². The summed E-state index contributed by atoms with van der Waals surface area (Å²) in [4.78, 5) is 28.2. The molecule has 0 aliphatic rings. The second-order valence-corrected chi connectivity index (χ2v) is 4.37. The molecule has 0 fully saturated rings. The third kappa shape index (κ3) is 1.57. The fourth-order valence-corrected chi connectivity index (χ4v) is 2.05. The van der Waals surface area contributed by atoms with E-state index in [9.17, 15) is 9.59 Å². The third-order valence-electron chi connectivity index (χ3n) is 2.62. The maximum atomic E-state index is 12.1. The number of allylic oxidation sites excluding steroid dienone is 1. The maximum absolute atomic E-state index is 12.1. The quantitative estimate of drug-likeness (QED) is 0.595. The number of halogens is 1. The van der Waals surface area contributed by atoms with Crippen LogP contribution in [0, 0.1) is 0 Å². The number of imidazole rings is 1. The largest absolute Gasteiger partial charge is 0.332 e. The Morgan fingerprint density at radius 1 is 1.35 bits per heavy atom. The van der Waals surface area contributed by atoms with Crippen LogP contribution in [0.1, 0.15) is 0 Å². The zero-order valence-electron chi connectivity index (χ0n) is 9.47. The molecule has 0 spiro atoms. The van der Waals surface area contributed by atoms with Crippen LogP contribution >= 0.6 is 15.9 Å². The van der Waals surface area contributed by atoms with Gasteiger partial charge in [-0.05, 0) is 15.9 Å². The Kier molecular flexibility index (Phi) is 2.78. The van der Waals surface area contributed by atoms with Crippen molar-refractivity contribution < 1.29 is 0 Å². The molecule has 0 saturated heterocycles. The van der Waals surface area contributed by atoms with Crippen LogP contribution in [0.15, 0.2) is 27.0 Å². The molecule has 2 rings (SSSR count). The van der Waals surface area contributed by atoms with Gasteiger partial charge in [0.2, 0.25) is 0 Å². The lowest BCUT2D eigenvalue weighted by atomic mass is 10.5. The van der Waals surface area contributed by atoms with Crippen molar-refractivity contribution in [3.05, 3.63) is 38.2 Å². The van der Waals surface area contributed by atoms with Gasteiger partial charge in [-0.3, -0.25) is 13.9 Å². The van der Waals surface area contributed by atoms with Gasteiger partial charge in [0.15, 0.2) is 15.9 Å². The molecule has 0 aromatic carbocycles. The molecule has 0 unspecified atom stereocenters. The molecule has 2 aromatic heterocycles. The average molecular weight is 299 g/mol. The van der Waals surface area contributed by atoms with Crippen molar-refractivity contribution in [3.63, 3.8) is 0 Å². The van der Waals surface area contributed by atoms with Gasteiger partial charge >= 0.3 is 5.69 Å². The second kappa shape index (κ2) is 3.99. The number of rotatable bonds is 2. The van der Waals surface area contributed by atoms with Crippen LogP contribution in [0.5, 0.6) is 0 Å². The van der Waals surface area contributed by atoms with E-state index in [-0.39, 0.29) is 12.1 Å². The highest BCUT2D eigenvalue weighted by Gasteiger charge is 2.16. The van der Waals surface area contributed by atoms with Gasteiger partial charge in [-0.15, -0.1) is 6.58 Å². The summed E-state index contributed by atoms with van der Waals surface area (Å²) in [6, 6.07) is 0. The van der Waals surface area contributed by atoms with E-state index in [1.807, 2.05) is 0 Å². The molecule has 17 heavy (non-hydrogen) atoms. The SMILES string of the molecule is C=CCn1c(=O)c2c(nc(Br)n2C)n(C)c1=O. The van der Waals surface area contributed by atoms with Crippen molar-refractivity contribution in [1.29, 1.82) is 0 Å². The molecule has 0 atom stereocenters. The van der Waals surface area contributed by atoms with Crippen molar-refractivity contribution in [1.82, 2.24) is 18.7 Å². The minimum Gasteiger partial charge on any atom is -0.316 e. The number of hydrogen-bond acceptors (Lipinski definition) is 3. The van der Waals surface area contributed by atoms with Crippen molar-refractivity contribution in [2.24, 2.45) is 14.1 Å². The first-order chi connectivity index (χ1) is 7.99. The van der Waals surface area contributed by atoms with Gasteiger partial charge in [-0.25, -0.2) is 9.78 Å². The highest BCUT2D eigenvalue weighted by atomic mass is 79.9. The molecule has 0 aliphatic heterocycles. The molecule has 0 amide bonds. The number of aryl methyl sites for hydroxylation is 2. The lowest BCUT2D eigenvalue weighted by molar-refractivity contribution is 0.665. The van der Waals surface area contributed by atoms with Gasteiger partial charge in [-0.1, -0.05) is 6.08 Å². The molecule has 90 valence electrons. The number of aromatic nitrogens is 4. The summed E-state index contributed by atoms with van der Waals surface area (Å²) in [6.45, 7) is 3.72. The molecule has 7 heteroatoms. The monoisotopic (exact) mass is 298 g/mol.